The molecule has 1 saturated heterocycles. The van der Waals surface area contributed by atoms with Crippen molar-refractivity contribution in [1.82, 2.24) is 24.9 Å². The van der Waals surface area contributed by atoms with Gasteiger partial charge in [-0.15, -0.1) is 5.10 Å². The van der Waals surface area contributed by atoms with Gasteiger partial charge in [-0.1, -0.05) is 18.6 Å². The number of carbonyl (C=O) groups excluding carboxylic acids is 1. The van der Waals surface area contributed by atoms with Crippen LogP contribution in [0.25, 0.3) is 5.69 Å². The molecule has 30 heavy (non-hydrogen) atoms. The van der Waals surface area contributed by atoms with Gasteiger partial charge in [0.15, 0.2) is 0 Å². The average molecular weight is 405 g/mol. The first-order valence-electron chi connectivity index (χ1n) is 10.5. The lowest BCUT2D eigenvalue weighted by molar-refractivity contribution is 0.0540. The molecular weight excluding hydrogens is 376 g/mol. The molecule has 156 valence electrons. The normalized spacial score (nSPS) is 19.0. The van der Waals surface area contributed by atoms with Gasteiger partial charge in [-0.25, -0.2) is 4.68 Å². The van der Waals surface area contributed by atoms with Crippen LogP contribution in [0.1, 0.15) is 41.4 Å². The summed E-state index contributed by atoms with van der Waals surface area (Å²) in [7, 11) is 0. The first-order valence-corrected chi connectivity index (χ1v) is 10.5. The Hall–Kier alpha value is -3.22. The zero-order valence-electron chi connectivity index (χ0n) is 17.7. The van der Waals surface area contributed by atoms with Crippen LogP contribution in [0.15, 0.2) is 48.8 Å². The molecule has 1 N–H and O–H groups in total. The lowest BCUT2D eigenvalue weighted by Crippen LogP contribution is -2.51. The molecule has 3 aromatic rings. The summed E-state index contributed by atoms with van der Waals surface area (Å²) in [6, 6.07) is 11.8. The van der Waals surface area contributed by atoms with Gasteiger partial charge in [-0.3, -0.25) is 4.79 Å². The van der Waals surface area contributed by atoms with E-state index in [4.69, 9.17) is 0 Å². The maximum absolute atomic E-state index is 13.7. The van der Waals surface area contributed by atoms with E-state index in [0.29, 0.717) is 18.0 Å². The largest absolute Gasteiger partial charge is 0.367 e. The Morgan fingerprint density at radius 2 is 2.07 bits per heavy atom. The summed E-state index contributed by atoms with van der Waals surface area (Å²) in [5, 5.41) is 16.0. The molecule has 2 atom stereocenters. The minimum Gasteiger partial charge on any atom is -0.367 e. The average Bonchev–Trinajstić information content (AvgIpc) is 3.28. The Morgan fingerprint density at radius 3 is 2.80 bits per heavy atom. The first kappa shape index (κ1) is 20.1. The van der Waals surface area contributed by atoms with Crippen molar-refractivity contribution in [1.29, 1.82) is 0 Å². The fourth-order valence-corrected chi connectivity index (χ4v) is 4.10. The van der Waals surface area contributed by atoms with E-state index in [9.17, 15) is 4.79 Å². The number of piperidine rings is 1. The van der Waals surface area contributed by atoms with Crippen molar-refractivity contribution < 1.29 is 4.79 Å². The standard InChI is InChI=1S/C23H28N6O/c1-16-7-9-20(29-13-5-11-25-29)19(14-16)23(30)28-12-4-6-17(2)21(28)15-24-22-10-8-18(3)26-27-22/h5,7-11,13-14,17,21H,4,6,12,15H2,1-3H3,(H,24,27)/t17?,21-/m1/s1. The second kappa shape index (κ2) is 8.65. The number of aromatic nitrogens is 4. The van der Waals surface area contributed by atoms with E-state index in [0.717, 1.165) is 42.1 Å². The van der Waals surface area contributed by atoms with Crippen molar-refractivity contribution in [2.75, 3.05) is 18.4 Å². The smallest absolute Gasteiger partial charge is 0.256 e. The SMILES string of the molecule is Cc1ccc(-n2cccn2)c(C(=O)N2CCCC(C)[C@H]2CNc2ccc(C)nn2)c1. The third-order valence-corrected chi connectivity index (χ3v) is 5.80. The first-order chi connectivity index (χ1) is 14.5. The highest BCUT2D eigenvalue weighted by Crippen LogP contribution is 2.27. The van der Waals surface area contributed by atoms with Crippen molar-refractivity contribution >= 4 is 11.7 Å². The van der Waals surface area contributed by atoms with E-state index in [-0.39, 0.29) is 11.9 Å². The van der Waals surface area contributed by atoms with Gasteiger partial charge in [0, 0.05) is 25.5 Å². The fraction of sp³-hybridized carbons (Fsp3) is 0.391. The molecule has 1 aromatic carbocycles. The number of hydrogen-bond donors (Lipinski definition) is 1. The summed E-state index contributed by atoms with van der Waals surface area (Å²) in [4.78, 5) is 15.7. The minimum atomic E-state index is 0.0533. The van der Waals surface area contributed by atoms with Gasteiger partial charge in [0.25, 0.3) is 5.91 Å². The summed E-state index contributed by atoms with van der Waals surface area (Å²) in [5.41, 5.74) is 3.44. The topological polar surface area (TPSA) is 75.9 Å². The maximum Gasteiger partial charge on any atom is 0.256 e. The van der Waals surface area contributed by atoms with Gasteiger partial charge in [-0.2, -0.15) is 10.2 Å². The maximum atomic E-state index is 13.7. The number of anilines is 1. The fourth-order valence-electron chi connectivity index (χ4n) is 4.10. The predicted octanol–water partition coefficient (Wildman–Crippen LogP) is 3.63. The predicted molar refractivity (Wildman–Crippen MR) is 117 cm³/mol. The molecule has 0 saturated carbocycles. The molecule has 1 aliphatic heterocycles. The molecule has 7 heteroatoms. The van der Waals surface area contributed by atoms with E-state index in [1.807, 2.05) is 61.3 Å². The van der Waals surface area contributed by atoms with Crippen LogP contribution >= 0.6 is 0 Å². The van der Waals surface area contributed by atoms with Crippen molar-refractivity contribution in [3.8, 4) is 5.69 Å². The van der Waals surface area contributed by atoms with E-state index >= 15 is 0 Å². The number of likely N-dealkylation sites (tertiary alicyclic amines) is 1. The van der Waals surface area contributed by atoms with Gasteiger partial charge < -0.3 is 10.2 Å². The third-order valence-electron chi connectivity index (χ3n) is 5.80. The summed E-state index contributed by atoms with van der Waals surface area (Å²) < 4.78 is 1.76. The Balaban J connectivity index is 1.60. The Bertz CT molecular complexity index is 999. The number of rotatable bonds is 5. The number of benzene rings is 1. The Kier molecular flexibility index (Phi) is 5.79. The van der Waals surface area contributed by atoms with Crippen LogP contribution < -0.4 is 5.32 Å². The molecule has 3 heterocycles. The molecule has 0 aliphatic carbocycles. The van der Waals surface area contributed by atoms with Crippen LogP contribution in [0.4, 0.5) is 5.82 Å². The molecule has 0 bridgehead atoms. The van der Waals surface area contributed by atoms with Crippen molar-refractivity contribution in [2.24, 2.45) is 5.92 Å². The molecule has 0 radical (unpaired) electrons. The number of aryl methyl sites for hydroxylation is 2. The Morgan fingerprint density at radius 1 is 1.20 bits per heavy atom. The quantitative estimate of drug-likeness (QED) is 0.703. The second-order valence-corrected chi connectivity index (χ2v) is 8.10. The van der Waals surface area contributed by atoms with Crippen LogP contribution in [0.2, 0.25) is 0 Å². The van der Waals surface area contributed by atoms with Gasteiger partial charge in [0.05, 0.1) is 23.0 Å². The highest BCUT2D eigenvalue weighted by molar-refractivity contribution is 5.98. The van der Waals surface area contributed by atoms with E-state index in [1.165, 1.54) is 0 Å². The van der Waals surface area contributed by atoms with Gasteiger partial charge in [0.1, 0.15) is 5.82 Å². The van der Waals surface area contributed by atoms with Crippen molar-refractivity contribution in [2.45, 2.75) is 39.7 Å². The summed E-state index contributed by atoms with van der Waals surface area (Å²) >= 11 is 0. The molecule has 4 rings (SSSR count). The number of carbonyl (C=O) groups is 1. The minimum absolute atomic E-state index is 0.0533. The highest BCUT2D eigenvalue weighted by Gasteiger charge is 2.33. The van der Waals surface area contributed by atoms with Crippen molar-refractivity contribution in [3.63, 3.8) is 0 Å². The highest BCUT2D eigenvalue weighted by atomic mass is 16.2. The number of nitrogens with zero attached hydrogens (tertiary/aromatic N) is 5. The van der Waals surface area contributed by atoms with Crippen LogP contribution in [-0.4, -0.2) is 49.9 Å². The lowest BCUT2D eigenvalue weighted by atomic mass is 9.89. The molecule has 0 spiro atoms. The van der Waals surface area contributed by atoms with E-state index < -0.39 is 0 Å². The van der Waals surface area contributed by atoms with Crippen LogP contribution in [-0.2, 0) is 0 Å². The number of nitrogens with one attached hydrogen (secondary N) is 1. The molecule has 2 aromatic heterocycles. The Labute approximate surface area is 177 Å². The number of amides is 1. The van der Waals surface area contributed by atoms with Crippen LogP contribution in [0.3, 0.4) is 0 Å². The van der Waals surface area contributed by atoms with Gasteiger partial charge in [-0.05, 0) is 62.9 Å². The second-order valence-electron chi connectivity index (χ2n) is 8.10. The molecule has 1 aliphatic rings. The zero-order valence-corrected chi connectivity index (χ0v) is 17.7. The third kappa shape index (κ3) is 4.20. The van der Waals surface area contributed by atoms with E-state index in [1.54, 1.807) is 10.9 Å². The molecule has 1 unspecified atom stereocenters. The van der Waals surface area contributed by atoms with Crippen LogP contribution in [0, 0.1) is 19.8 Å². The monoisotopic (exact) mass is 404 g/mol. The van der Waals surface area contributed by atoms with E-state index in [2.05, 4.69) is 27.5 Å². The summed E-state index contributed by atoms with van der Waals surface area (Å²) in [5.74, 6) is 1.18. The van der Waals surface area contributed by atoms with Gasteiger partial charge in [0.2, 0.25) is 0 Å². The van der Waals surface area contributed by atoms with Crippen LogP contribution in [0.5, 0.6) is 0 Å². The lowest BCUT2D eigenvalue weighted by Gasteiger charge is -2.40. The molecule has 1 amide bonds. The zero-order chi connectivity index (χ0) is 21.1. The molecule has 1 fully saturated rings. The molecular formula is C23H28N6O. The summed E-state index contributed by atoms with van der Waals surface area (Å²) in [6.45, 7) is 7.55. The number of hydrogen-bond acceptors (Lipinski definition) is 5. The summed E-state index contributed by atoms with van der Waals surface area (Å²) in [6.07, 6.45) is 5.72. The van der Waals surface area contributed by atoms with Crippen molar-refractivity contribution in [3.05, 3.63) is 65.6 Å². The molecule has 7 nitrogen and oxygen atoms in total. The van der Waals surface area contributed by atoms with Gasteiger partial charge >= 0.3 is 0 Å².